The number of hydrogen-bond donors (Lipinski definition) is 3. The fourth-order valence-electron chi connectivity index (χ4n) is 1.78. The number of aromatic nitrogens is 3. The van der Waals surface area contributed by atoms with E-state index in [0.29, 0.717) is 31.6 Å². The monoisotopic (exact) mass is 254 g/mol. The van der Waals surface area contributed by atoms with E-state index in [1.54, 1.807) is 0 Å². The molecule has 8 heteroatoms. The lowest BCUT2D eigenvalue weighted by Crippen LogP contribution is -2.36. The second-order valence-electron chi connectivity index (χ2n) is 4.00. The maximum Gasteiger partial charge on any atom is 0.332 e. The molecule has 98 valence electrons. The SMILES string of the molecule is O=C(O)C1CCC(C(=O)NCCc2ncn[nH]2)O1. The van der Waals surface area contributed by atoms with Crippen LogP contribution in [-0.4, -0.2) is 50.9 Å². The predicted octanol–water partition coefficient (Wildman–Crippen LogP) is -0.904. The van der Waals surface area contributed by atoms with E-state index in [-0.39, 0.29) is 5.91 Å². The molecule has 0 aliphatic carbocycles. The number of nitrogens with zero attached hydrogens (tertiary/aromatic N) is 2. The van der Waals surface area contributed by atoms with Crippen LogP contribution in [0.25, 0.3) is 0 Å². The van der Waals surface area contributed by atoms with Crippen molar-refractivity contribution in [3.05, 3.63) is 12.2 Å². The molecule has 1 aliphatic heterocycles. The number of hydrogen-bond acceptors (Lipinski definition) is 5. The summed E-state index contributed by atoms with van der Waals surface area (Å²) in [7, 11) is 0. The Balaban J connectivity index is 1.71. The third kappa shape index (κ3) is 3.04. The van der Waals surface area contributed by atoms with Gasteiger partial charge in [0.2, 0.25) is 5.91 Å². The van der Waals surface area contributed by atoms with E-state index in [4.69, 9.17) is 9.84 Å². The van der Waals surface area contributed by atoms with Crippen molar-refractivity contribution < 1.29 is 19.4 Å². The molecule has 0 spiro atoms. The van der Waals surface area contributed by atoms with Crippen LogP contribution < -0.4 is 5.32 Å². The molecule has 8 nitrogen and oxygen atoms in total. The molecule has 1 aliphatic rings. The van der Waals surface area contributed by atoms with Gasteiger partial charge in [0.25, 0.3) is 0 Å². The molecule has 0 bridgehead atoms. The molecule has 3 N–H and O–H groups in total. The summed E-state index contributed by atoms with van der Waals surface area (Å²) in [6.45, 7) is 0.408. The molecule has 2 unspecified atom stereocenters. The number of rotatable bonds is 5. The maximum atomic E-state index is 11.7. The number of aromatic amines is 1. The highest BCUT2D eigenvalue weighted by molar-refractivity contribution is 5.82. The Hall–Kier alpha value is -1.96. The Morgan fingerprint density at radius 1 is 1.50 bits per heavy atom. The number of carboxylic acid groups (broad SMARTS) is 1. The Morgan fingerprint density at radius 3 is 2.89 bits per heavy atom. The highest BCUT2D eigenvalue weighted by atomic mass is 16.5. The van der Waals surface area contributed by atoms with Crippen LogP contribution in [0.15, 0.2) is 6.33 Å². The largest absolute Gasteiger partial charge is 0.479 e. The zero-order valence-electron chi connectivity index (χ0n) is 9.63. The van der Waals surface area contributed by atoms with Crippen LogP contribution in [0, 0.1) is 0 Å². The molecule has 1 aromatic rings. The van der Waals surface area contributed by atoms with Gasteiger partial charge in [-0.25, -0.2) is 9.78 Å². The Bertz CT molecular complexity index is 420. The zero-order chi connectivity index (χ0) is 13.0. The lowest BCUT2D eigenvalue weighted by Gasteiger charge is -2.11. The van der Waals surface area contributed by atoms with Crippen molar-refractivity contribution in [1.29, 1.82) is 0 Å². The summed E-state index contributed by atoms with van der Waals surface area (Å²) < 4.78 is 5.13. The third-order valence-electron chi connectivity index (χ3n) is 2.71. The topological polar surface area (TPSA) is 117 Å². The summed E-state index contributed by atoms with van der Waals surface area (Å²) in [5.74, 6) is -0.615. The van der Waals surface area contributed by atoms with Gasteiger partial charge < -0.3 is 15.2 Å². The molecular weight excluding hydrogens is 240 g/mol. The van der Waals surface area contributed by atoms with Gasteiger partial charge in [0.05, 0.1) is 0 Å². The first-order chi connectivity index (χ1) is 8.66. The van der Waals surface area contributed by atoms with Gasteiger partial charge >= 0.3 is 5.97 Å². The van der Waals surface area contributed by atoms with Crippen LogP contribution in [0.2, 0.25) is 0 Å². The molecular formula is C10H14N4O4. The second-order valence-corrected chi connectivity index (χ2v) is 4.00. The van der Waals surface area contributed by atoms with E-state index in [0.717, 1.165) is 0 Å². The van der Waals surface area contributed by atoms with Crippen LogP contribution in [-0.2, 0) is 20.7 Å². The standard InChI is InChI=1S/C10H14N4O4/c15-9(6-1-2-7(18-6)10(16)17)11-4-3-8-12-5-13-14-8/h5-7H,1-4H2,(H,11,15)(H,16,17)(H,12,13,14). The maximum absolute atomic E-state index is 11.7. The molecule has 1 fully saturated rings. The van der Waals surface area contributed by atoms with Crippen molar-refractivity contribution in [3.8, 4) is 0 Å². The Labute approximate surface area is 103 Å². The number of carbonyl (C=O) groups is 2. The van der Waals surface area contributed by atoms with Crippen molar-refractivity contribution in [1.82, 2.24) is 20.5 Å². The van der Waals surface area contributed by atoms with Crippen LogP contribution in [0.3, 0.4) is 0 Å². The molecule has 0 radical (unpaired) electrons. The lowest BCUT2D eigenvalue weighted by molar-refractivity contribution is -0.151. The van der Waals surface area contributed by atoms with Gasteiger partial charge in [0, 0.05) is 13.0 Å². The first-order valence-electron chi connectivity index (χ1n) is 5.67. The fraction of sp³-hybridized carbons (Fsp3) is 0.600. The minimum atomic E-state index is -1.02. The summed E-state index contributed by atoms with van der Waals surface area (Å²) >= 11 is 0. The van der Waals surface area contributed by atoms with Crippen molar-refractivity contribution >= 4 is 11.9 Å². The van der Waals surface area contributed by atoms with Crippen molar-refractivity contribution in [2.24, 2.45) is 0 Å². The molecule has 2 heterocycles. The number of amides is 1. The average Bonchev–Trinajstić information content (AvgIpc) is 2.99. The normalized spacial score (nSPS) is 22.9. The van der Waals surface area contributed by atoms with Gasteiger partial charge in [-0.2, -0.15) is 5.10 Å². The smallest absolute Gasteiger partial charge is 0.332 e. The van der Waals surface area contributed by atoms with E-state index < -0.39 is 18.2 Å². The highest BCUT2D eigenvalue weighted by Crippen LogP contribution is 2.19. The summed E-state index contributed by atoms with van der Waals surface area (Å²) in [5, 5.41) is 17.8. The molecule has 1 amide bonds. The predicted molar refractivity (Wildman–Crippen MR) is 58.6 cm³/mol. The number of ether oxygens (including phenoxy) is 1. The Morgan fingerprint density at radius 2 is 2.28 bits per heavy atom. The molecule has 18 heavy (non-hydrogen) atoms. The molecule has 1 saturated heterocycles. The van der Waals surface area contributed by atoms with Crippen molar-refractivity contribution in [2.75, 3.05) is 6.54 Å². The number of carboxylic acids is 1. The summed E-state index contributed by atoms with van der Waals surface area (Å²) in [6.07, 6.45) is 1.21. The molecule has 2 atom stereocenters. The quantitative estimate of drug-likeness (QED) is 0.626. The molecule has 1 aromatic heterocycles. The third-order valence-corrected chi connectivity index (χ3v) is 2.71. The molecule has 2 rings (SSSR count). The summed E-state index contributed by atoms with van der Waals surface area (Å²) in [6, 6.07) is 0. The minimum Gasteiger partial charge on any atom is -0.479 e. The van der Waals surface area contributed by atoms with Crippen LogP contribution in [0.1, 0.15) is 18.7 Å². The van der Waals surface area contributed by atoms with Gasteiger partial charge in [-0.3, -0.25) is 9.89 Å². The van der Waals surface area contributed by atoms with Crippen molar-refractivity contribution in [2.45, 2.75) is 31.5 Å². The van der Waals surface area contributed by atoms with Crippen LogP contribution in [0.4, 0.5) is 0 Å². The minimum absolute atomic E-state index is 0.279. The van der Waals surface area contributed by atoms with E-state index >= 15 is 0 Å². The summed E-state index contributed by atoms with van der Waals surface area (Å²) in [4.78, 5) is 26.2. The highest BCUT2D eigenvalue weighted by Gasteiger charge is 2.34. The number of nitrogens with one attached hydrogen (secondary N) is 2. The first kappa shape index (κ1) is 12.5. The van der Waals surface area contributed by atoms with Gasteiger partial charge in [-0.15, -0.1) is 0 Å². The average molecular weight is 254 g/mol. The van der Waals surface area contributed by atoms with Gasteiger partial charge in [0.15, 0.2) is 6.10 Å². The van der Waals surface area contributed by atoms with E-state index in [2.05, 4.69) is 20.5 Å². The fourth-order valence-corrected chi connectivity index (χ4v) is 1.78. The van der Waals surface area contributed by atoms with Crippen LogP contribution in [0.5, 0.6) is 0 Å². The molecule has 0 aromatic carbocycles. The van der Waals surface area contributed by atoms with E-state index in [9.17, 15) is 9.59 Å². The van der Waals surface area contributed by atoms with Gasteiger partial charge in [-0.05, 0) is 12.8 Å². The second kappa shape index (κ2) is 5.58. The van der Waals surface area contributed by atoms with Gasteiger partial charge in [-0.1, -0.05) is 0 Å². The zero-order valence-corrected chi connectivity index (χ0v) is 9.63. The van der Waals surface area contributed by atoms with Crippen LogP contribution >= 0.6 is 0 Å². The Kier molecular flexibility index (Phi) is 3.88. The lowest BCUT2D eigenvalue weighted by atomic mass is 10.2. The number of carbonyl (C=O) groups excluding carboxylic acids is 1. The van der Waals surface area contributed by atoms with E-state index in [1.165, 1.54) is 6.33 Å². The van der Waals surface area contributed by atoms with Crippen molar-refractivity contribution in [3.63, 3.8) is 0 Å². The first-order valence-corrected chi connectivity index (χ1v) is 5.67. The molecule has 0 saturated carbocycles. The number of aliphatic carboxylic acids is 1. The van der Waals surface area contributed by atoms with Gasteiger partial charge in [0.1, 0.15) is 18.3 Å². The summed E-state index contributed by atoms with van der Waals surface area (Å²) in [5.41, 5.74) is 0. The number of H-pyrrole nitrogens is 1. The van der Waals surface area contributed by atoms with E-state index in [1.807, 2.05) is 0 Å².